The molecular formula is C22H18N2O2. The van der Waals surface area contributed by atoms with Crippen molar-refractivity contribution in [1.82, 2.24) is 4.90 Å². The number of fused-ring (bicyclic) bond motifs is 2. The van der Waals surface area contributed by atoms with Crippen molar-refractivity contribution in [2.45, 2.75) is 12.0 Å². The van der Waals surface area contributed by atoms with E-state index in [1.54, 1.807) is 11.9 Å². The van der Waals surface area contributed by atoms with Crippen molar-refractivity contribution in [2.24, 2.45) is 5.92 Å². The third-order valence-corrected chi connectivity index (χ3v) is 5.79. The Morgan fingerprint density at radius 2 is 1.96 bits per heavy atom. The van der Waals surface area contributed by atoms with Crippen molar-refractivity contribution in [1.29, 1.82) is 0 Å². The lowest BCUT2D eigenvalue weighted by molar-refractivity contribution is -0.128. The molecule has 2 bridgehead atoms. The Balaban J connectivity index is 1.58. The van der Waals surface area contributed by atoms with Gasteiger partial charge < -0.3 is 10.2 Å². The highest BCUT2D eigenvalue weighted by Gasteiger charge is 2.53. The average molecular weight is 342 g/mol. The predicted octanol–water partition coefficient (Wildman–Crippen LogP) is 3.43. The van der Waals surface area contributed by atoms with E-state index in [1.807, 2.05) is 48.5 Å². The first-order valence-electron chi connectivity index (χ1n) is 8.80. The van der Waals surface area contributed by atoms with Gasteiger partial charge in [-0.05, 0) is 29.4 Å². The van der Waals surface area contributed by atoms with Crippen LogP contribution in [0.2, 0.25) is 0 Å². The molecule has 0 unspecified atom stereocenters. The molecule has 4 nitrogen and oxygen atoms in total. The number of nitrogens with one attached hydrogen (secondary N) is 1. The number of anilines is 1. The molecule has 1 N–H and O–H groups in total. The SMILES string of the molecule is CN1C(=O)C(C(=O)Nc2cccc3ccccc23)=C2C=C[C@@H]3C=C[C@@]21C3. The molecule has 1 spiro atoms. The van der Waals surface area contributed by atoms with E-state index in [1.165, 1.54) is 0 Å². The Kier molecular flexibility index (Phi) is 3.02. The van der Waals surface area contributed by atoms with Crippen molar-refractivity contribution in [3.8, 4) is 0 Å². The smallest absolute Gasteiger partial charge is 0.261 e. The summed E-state index contributed by atoms with van der Waals surface area (Å²) in [4.78, 5) is 27.7. The van der Waals surface area contributed by atoms with Gasteiger partial charge >= 0.3 is 0 Å². The lowest BCUT2D eigenvalue weighted by Gasteiger charge is -2.35. The molecule has 2 amide bonds. The van der Waals surface area contributed by atoms with Crippen molar-refractivity contribution in [3.05, 3.63) is 77.9 Å². The Morgan fingerprint density at radius 3 is 2.85 bits per heavy atom. The van der Waals surface area contributed by atoms with Crippen LogP contribution in [0.1, 0.15) is 6.42 Å². The third-order valence-electron chi connectivity index (χ3n) is 5.79. The summed E-state index contributed by atoms with van der Waals surface area (Å²) in [5.41, 5.74) is 1.33. The molecule has 0 radical (unpaired) electrons. The molecule has 3 aliphatic rings. The molecule has 4 heteroatoms. The maximum absolute atomic E-state index is 13.1. The molecule has 2 aromatic rings. The summed E-state index contributed by atoms with van der Waals surface area (Å²) in [5, 5.41) is 4.97. The summed E-state index contributed by atoms with van der Waals surface area (Å²) in [6, 6.07) is 13.7. The molecule has 0 saturated heterocycles. The molecule has 0 saturated carbocycles. The number of rotatable bonds is 2. The Hall–Kier alpha value is -3.14. The minimum atomic E-state index is -0.456. The number of carbonyl (C=O) groups excluding carboxylic acids is 2. The summed E-state index contributed by atoms with van der Waals surface area (Å²) in [5.74, 6) is -0.211. The largest absolute Gasteiger partial charge is 0.328 e. The number of carbonyl (C=O) groups is 2. The molecule has 1 aliphatic heterocycles. The van der Waals surface area contributed by atoms with Gasteiger partial charge in [-0.15, -0.1) is 0 Å². The summed E-state index contributed by atoms with van der Waals surface area (Å²) in [7, 11) is 1.78. The van der Waals surface area contributed by atoms with Crippen LogP contribution in [-0.2, 0) is 9.59 Å². The number of nitrogens with zero attached hydrogens (tertiary/aromatic N) is 1. The third kappa shape index (κ3) is 1.90. The van der Waals surface area contributed by atoms with E-state index in [0.717, 1.165) is 28.5 Å². The molecule has 5 rings (SSSR count). The van der Waals surface area contributed by atoms with Crippen molar-refractivity contribution >= 4 is 28.3 Å². The van der Waals surface area contributed by atoms with Crippen molar-refractivity contribution in [2.75, 3.05) is 12.4 Å². The van der Waals surface area contributed by atoms with E-state index in [0.29, 0.717) is 5.92 Å². The highest BCUT2D eigenvalue weighted by atomic mass is 16.2. The number of hydrogen-bond acceptors (Lipinski definition) is 2. The Labute approximate surface area is 151 Å². The number of likely N-dealkylation sites (N-methyl/N-ethyl adjacent to an activating group) is 1. The fourth-order valence-corrected chi connectivity index (χ4v) is 4.41. The van der Waals surface area contributed by atoms with Crippen LogP contribution in [-0.4, -0.2) is 29.3 Å². The number of allylic oxidation sites excluding steroid dienone is 2. The van der Waals surface area contributed by atoms with Gasteiger partial charge in [-0.2, -0.15) is 0 Å². The zero-order valence-corrected chi connectivity index (χ0v) is 14.4. The molecule has 0 fully saturated rings. The number of amides is 2. The van der Waals surface area contributed by atoms with Gasteiger partial charge in [0, 0.05) is 18.1 Å². The van der Waals surface area contributed by atoms with E-state index in [-0.39, 0.29) is 17.4 Å². The fourth-order valence-electron chi connectivity index (χ4n) is 4.41. The Morgan fingerprint density at radius 1 is 1.15 bits per heavy atom. The molecule has 0 aromatic heterocycles. The summed E-state index contributed by atoms with van der Waals surface area (Å²) < 4.78 is 0. The lowest BCUT2D eigenvalue weighted by atomic mass is 9.82. The van der Waals surface area contributed by atoms with Crippen LogP contribution in [0.5, 0.6) is 0 Å². The van der Waals surface area contributed by atoms with Crippen LogP contribution < -0.4 is 5.32 Å². The molecule has 2 aromatic carbocycles. The molecular weight excluding hydrogens is 324 g/mol. The van der Waals surface area contributed by atoms with Gasteiger partial charge in [0.05, 0.1) is 5.54 Å². The van der Waals surface area contributed by atoms with Crippen LogP contribution in [0.4, 0.5) is 5.69 Å². The van der Waals surface area contributed by atoms with E-state index >= 15 is 0 Å². The zero-order valence-electron chi connectivity index (χ0n) is 14.4. The van der Waals surface area contributed by atoms with Gasteiger partial charge in [-0.25, -0.2) is 0 Å². The molecule has 2 aliphatic carbocycles. The van der Waals surface area contributed by atoms with Crippen LogP contribution in [0.15, 0.2) is 77.9 Å². The number of hydrogen-bond donors (Lipinski definition) is 1. The molecule has 128 valence electrons. The van der Waals surface area contributed by atoms with Gasteiger partial charge in [0.25, 0.3) is 11.8 Å². The minimum Gasteiger partial charge on any atom is -0.328 e. The highest BCUT2D eigenvalue weighted by molar-refractivity contribution is 6.26. The van der Waals surface area contributed by atoms with E-state index in [4.69, 9.17) is 0 Å². The first kappa shape index (κ1) is 15.1. The Bertz CT molecular complexity index is 1060. The molecule has 1 heterocycles. The second-order valence-corrected chi connectivity index (χ2v) is 7.14. The topological polar surface area (TPSA) is 49.4 Å². The van der Waals surface area contributed by atoms with E-state index < -0.39 is 5.54 Å². The number of benzene rings is 2. The standard InChI is InChI=1S/C22H18N2O2/c1-24-21(26)19(17-10-9-14-11-12-22(17,24)13-14)20(25)23-18-8-4-6-15-5-2-3-7-16(15)18/h2-12,14H,13H2,1H3,(H,23,25)/t14-,22-/m1/s1. The fraction of sp³-hybridized carbons (Fsp3) is 0.182. The molecule has 2 atom stereocenters. The molecule has 26 heavy (non-hydrogen) atoms. The normalized spacial score (nSPS) is 26.0. The zero-order chi connectivity index (χ0) is 17.9. The minimum absolute atomic E-state index is 0.213. The second kappa shape index (κ2) is 5.18. The van der Waals surface area contributed by atoms with Crippen molar-refractivity contribution in [3.63, 3.8) is 0 Å². The predicted molar refractivity (Wildman–Crippen MR) is 101 cm³/mol. The van der Waals surface area contributed by atoms with Crippen LogP contribution in [0.3, 0.4) is 0 Å². The van der Waals surface area contributed by atoms with Crippen LogP contribution in [0, 0.1) is 5.92 Å². The first-order chi connectivity index (χ1) is 12.6. The van der Waals surface area contributed by atoms with E-state index in [9.17, 15) is 9.59 Å². The van der Waals surface area contributed by atoms with Gasteiger partial charge in [0.2, 0.25) is 0 Å². The summed E-state index contributed by atoms with van der Waals surface area (Å²) >= 11 is 0. The van der Waals surface area contributed by atoms with Gasteiger partial charge in [0.1, 0.15) is 5.57 Å². The monoisotopic (exact) mass is 342 g/mol. The van der Waals surface area contributed by atoms with Gasteiger partial charge in [-0.3, -0.25) is 9.59 Å². The van der Waals surface area contributed by atoms with E-state index in [2.05, 4.69) is 23.5 Å². The highest BCUT2D eigenvalue weighted by Crippen LogP contribution is 2.48. The lowest BCUT2D eigenvalue weighted by Crippen LogP contribution is -2.44. The maximum Gasteiger partial charge on any atom is 0.261 e. The summed E-state index contributed by atoms with van der Waals surface area (Å²) in [6.45, 7) is 0. The van der Waals surface area contributed by atoms with Crippen molar-refractivity contribution < 1.29 is 9.59 Å². The van der Waals surface area contributed by atoms with Crippen LogP contribution >= 0.6 is 0 Å². The average Bonchev–Trinajstić information content (AvgIpc) is 3.11. The maximum atomic E-state index is 13.1. The first-order valence-corrected chi connectivity index (χ1v) is 8.80. The van der Waals surface area contributed by atoms with Gasteiger partial charge in [-0.1, -0.05) is 60.7 Å². The van der Waals surface area contributed by atoms with Gasteiger partial charge in [0.15, 0.2) is 0 Å². The second-order valence-electron chi connectivity index (χ2n) is 7.14. The quantitative estimate of drug-likeness (QED) is 0.671. The van der Waals surface area contributed by atoms with Crippen LogP contribution in [0.25, 0.3) is 10.8 Å². The summed E-state index contributed by atoms with van der Waals surface area (Å²) in [6.07, 6.45) is 9.05.